The largest absolute Gasteiger partial charge is 0.497 e. The molecule has 0 saturated heterocycles. The number of nitrogens with zero attached hydrogens (tertiary/aromatic N) is 1. The van der Waals surface area contributed by atoms with Gasteiger partial charge in [0.05, 0.1) is 24.9 Å². The summed E-state index contributed by atoms with van der Waals surface area (Å²) in [6.45, 7) is 0.250. The number of carbonyl (C=O) groups excluding carboxylic acids is 1. The smallest absolute Gasteiger partial charge is 0.254 e. The summed E-state index contributed by atoms with van der Waals surface area (Å²) < 4.78 is 18.7. The van der Waals surface area contributed by atoms with Gasteiger partial charge in [0.2, 0.25) is 0 Å². The van der Waals surface area contributed by atoms with E-state index in [1.165, 1.54) is 23.5 Å². The molecule has 1 heterocycles. The van der Waals surface area contributed by atoms with E-state index < -0.39 is 11.7 Å². The first-order chi connectivity index (χ1) is 11.7. The number of nitrogens with one attached hydrogen (secondary N) is 1. The maximum absolute atomic E-state index is 13.6. The molecule has 2 aromatic carbocycles. The molecule has 0 aliphatic carbocycles. The Morgan fingerprint density at radius 3 is 2.67 bits per heavy atom. The van der Waals surface area contributed by atoms with Gasteiger partial charge in [0, 0.05) is 10.9 Å². The Bertz CT molecular complexity index is 846. The number of carbonyl (C=O) groups is 1. The zero-order chi connectivity index (χ0) is 16.9. The van der Waals surface area contributed by atoms with Crippen molar-refractivity contribution in [2.24, 2.45) is 0 Å². The molecule has 122 valence electrons. The van der Waals surface area contributed by atoms with Crippen LogP contribution in [0.4, 0.5) is 4.39 Å². The molecule has 3 rings (SSSR count). The van der Waals surface area contributed by atoms with Crippen molar-refractivity contribution in [3.05, 3.63) is 71.0 Å². The maximum Gasteiger partial charge on any atom is 0.254 e. The van der Waals surface area contributed by atoms with Gasteiger partial charge in [-0.2, -0.15) is 0 Å². The number of rotatable bonds is 5. The van der Waals surface area contributed by atoms with E-state index in [1.54, 1.807) is 19.2 Å². The van der Waals surface area contributed by atoms with Crippen LogP contribution in [0.5, 0.6) is 5.75 Å². The fourth-order valence-electron chi connectivity index (χ4n) is 2.17. The van der Waals surface area contributed by atoms with E-state index in [1.807, 2.05) is 29.6 Å². The number of methoxy groups -OCH3 is 1. The second-order valence-corrected chi connectivity index (χ2v) is 5.89. The molecule has 0 aliphatic rings. The lowest BCUT2D eigenvalue weighted by Crippen LogP contribution is -2.23. The molecule has 1 aromatic heterocycles. The maximum atomic E-state index is 13.6. The summed E-state index contributed by atoms with van der Waals surface area (Å²) in [6, 6.07) is 13.5. The van der Waals surface area contributed by atoms with E-state index in [0.717, 1.165) is 22.0 Å². The third kappa shape index (κ3) is 3.60. The molecule has 6 heteroatoms. The molecule has 4 nitrogen and oxygen atoms in total. The van der Waals surface area contributed by atoms with Gasteiger partial charge in [0.1, 0.15) is 16.6 Å². The summed E-state index contributed by atoms with van der Waals surface area (Å²) in [5.74, 6) is -0.202. The minimum atomic E-state index is -0.535. The van der Waals surface area contributed by atoms with Gasteiger partial charge < -0.3 is 10.1 Å². The number of thiazole rings is 1. The molecule has 0 fully saturated rings. The van der Waals surface area contributed by atoms with E-state index in [0.29, 0.717) is 0 Å². The summed E-state index contributed by atoms with van der Waals surface area (Å²) in [4.78, 5) is 16.5. The van der Waals surface area contributed by atoms with Crippen molar-refractivity contribution >= 4 is 17.2 Å². The predicted octanol–water partition coefficient (Wildman–Crippen LogP) is 3.89. The van der Waals surface area contributed by atoms with Crippen LogP contribution < -0.4 is 10.1 Å². The first kappa shape index (κ1) is 16.1. The molecule has 0 atom stereocenters. The Balaban J connectivity index is 1.66. The fourth-order valence-corrected chi connectivity index (χ4v) is 2.99. The Morgan fingerprint density at radius 1 is 1.21 bits per heavy atom. The van der Waals surface area contributed by atoms with Gasteiger partial charge in [-0.1, -0.05) is 12.1 Å². The number of hydrogen-bond acceptors (Lipinski definition) is 4. The molecule has 0 aliphatic heterocycles. The van der Waals surface area contributed by atoms with Crippen molar-refractivity contribution in [2.45, 2.75) is 6.54 Å². The highest BCUT2D eigenvalue weighted by atomic mass is 32.1. The molecule has 0 unspecified atom stereocenters. The third-order valence-corrected chi connectivity index (χ3v) is 4.38. The number of halogens is 1. The molecular weight excluding hydrogens is 327 g/mol. The molecule has 24 heavy (non-hydrogen) atoms. The Hall–Kier alpha value is -2.73. The zero-order valence-corrected chi connectivity index (χ0v) is 13.8. The zero-order valence-electron chi connectivity index (χ0n) is 13.0. The minimum absolute atomic E-state index is 0.0307. The number of benzene rings is 2. The lowest BCUT2D eigenvalue weighted by atomic mass is 10.2. The molecule has 1 N–H and O–H groups in total. The standard InChI is InChI=1S/C18H15FN2O2S/c1-23-14-8-6-12(7-9-14)18-21-13(11-24-18)10-20-17(22)15-4-2-3-5-16(15)19/h2-9,11H,10H2,1H3,(H,20,22). The molecule has 3 aromatic rings. The Labute approximate surface area is 142 Å². The first-order valence-corrected chi connectivity index (χ1v) is 8.17. The van der Waals surface area contributed by atoms with Gasteiger partial charge in [0.25, 0.3) is 5.91 Å². The van der Waals surface area contributed by atoms with E-state index in [-0.39, 0.29) is 12.1 Å². The molecule has 0 saturated carbocycles. The predicted molar refractivity (Wildman–Crippen MR) is 91.7 cm³/mol. The van der Waals surface area contributed by atoms with Crippen LogP contribution in [0, 0.1) is 5.82 Å². The monoisotopic (exact) mass is 342 g/mol. The van der Waals surface area contributed by atoms with Crippen molar-refractivity contribution < 1.29 is 13.9 Å². The fraction of sp³-hybridized carbons (Fsp3) is 0.111. The number of amides is 1. The van der Waals surface area contributed by atoms with Gasteiger partial charge in [-0.3, -0.25) is 4.79 Å². The van der Waals surface area contributed by atoms with Crippen LogP contribution in [0.3, 0.4) is 0 Å². The highest BCUT2D eigenvalue weighted by molar-refractivity contribution is 7.13. The van der Waals surface area contributed by atoms with Crippen molar-refractivity contribution in [1.29, 1.82) is 0 Å². The second kappa shape index (κ2) is 7.23. The number of aromatic nitrogens is 1. The van der Waals surface area contributed by atoms with Gasteiger partial charge in [-0.15, -0.1) is 11.3 Å². The average Bonchev–Trinajstić information content (AvgIpc) is 3.09. The van der Waals surface area contributed by atoms with Crippen LogP contribution in [0.25, 0.3) is 10.6 Å². The summed E-state index contributed by atoms with van der Waals surface area (Å²) in [5, 5.41) is 5.41. The summed E-state index contributed by atoms with van der Waals surface area (Å²) >= 11 is 1.49. The highest BCUT2D eigenvalue weighted by Crippen LogP contribution is 2.25. The van der Waals surface area contributed by atoms with Crippen molar-refractivity contribution in [1.82, 2.24) is 10.3 Å². The van der Waals surface area contributed by atoms with Crippen LogP contribution in [-0.4, -0.2) is 18.0 Å². The summed E-state index contributed by atoms with van der Waals surface area (Å²) in [5.41, 5.74) is 1.74. The van der Waals surface area contributed by atoms with E-state index in [9.17, 15) is 9.18 Å². The molecular formula is C18H15FN2O2S. The minimum Gasteiger partial charge on any atom is -0.497 e. The van der Waals surface area contributed by atoms with Crippen LogP contribution in [0.1, 0.15) is 16.1 Å². The van der Waals surface area contributed by atoms with Gasteiger partial charge in [-0.25, -0.2) is 9.37 Å². The Kier molecular flexibility index (Phi) is 4.86. The van der Waals surface area contributed by atoms with Crippen LogP contribution in [0.2, 0.25) is 0 Å². The van der Waals surface area contributed by atoms with Gasteiger partial charge >= 0.3 is 0 Å². The van der Waals surface area contributed by atoms with Gasteiger partial charge in [0.15, 0.2) is 0 Å². The molecule has 0 radical (unpaired) electrons. The van der Waals surface area contributed by atoms with E-state index in [2.05, 4.69) is 10.3 Å². The molecule has 1 amide bonds. The summed E-state index contributed by atoms with van der Waals surface area (Å²) in [6.07, 6.45) is 0. The second-order valence-electron chi connectivity index (χ2n) is 5.04. The highest BCUT2D eigenvalue weighted by Gasteiger charge is 2.11. The van der Waals surface area contributed by atoms with Crippen molar-refractivity contribution in [2.75, 3.05) is 7.11 Å². The lowest BCUT2D eigenvalue weighted by molar-refractivity contribution is 0.0946. The quantitative estimate of drug-likeness (QED) is 0.765. The number of hydrogen-bond donors (Lipinski definition) is 1. The third-order valence-electron chi connectivity index (χ3n) is 3.44. The van der Waals surface area contributed by atoms with Gasteiger partial charge in [-0.05, 0) is 36.4 Å². The first-order valence-electron chi connectivity index (χ1n) is 7.29. The molecule has 0 bridgehead atoms. The molecule has 0 spiro atoms. The van der Waals surface area contributed by atoms with Crippen LogP contribution in [-0.2, 0) is 6.54 Å². The topological polar surface area (TPSA) is 51.2 Å². The average molecular weight is 342 g/mol. The Morgan fingerprint density at radius 2 is 1.96 bits per heavy atom. The summed E-state index contributed by atoms with van der Waals surface area (Å²) in [7, 11) is 1.62. The lowest BCUT2D eigenvalue weighted by Gasteiger charge is -2.04. The SMILES string of the molecule is COc1ccc(-c2nc(CNC(=O)c3ccccc3F)cs2)cc1. The van der Waals surface area contributed by atoms with Crippen molar-refractivity contribution in [3.8, 4) is 16.3 Å². The van der Waals surface area contributed by atoms with E-state index in [4.69, 9.17) is 4.74 Å². The van der Waals surface area contributed by atoms with Crippen molar-refractivity contribution in [3.63, 3.8) is 0 Å². The van der Waals surface area contributed by atoms with Crippen LogP contribution in [0.15, 0.2) is 53.9 Å². The van der Waals surface area contributed by atoms with Crippen LogP contribution >= 0.6 is 11.3 Å². The normalized spacial score (nSPS) is 10.4. The van der Waals surface area contributed by atoms with E-state index >= 15 is 0 Å². The number of ether oxygens (including phenoxy) is 1.